The number of aliphatic imine (C=N–C) groups is 1. The smallest absolute Gasteiger partial charge is 0.243 e. The van der Waals surface area contributed by atoms with Gasteiger partial charge in [-0.15, -0.1) is 24.0 Å². The van der Waals surface area contributed by atoms with Crippen LogP contribution in [-0.2, 0) is 14.9 Å². The Morgan fingerprint density at radius 2 is 2.07 bits per heavy atom. The van der Waals surface area contributed by atoms with Crippen LogP contribution in [0.4, 0.5) is 4.39 Å². The van der Waals surface area contributed by atoms with E-state index < -0.39 is 0 Å². The van der Waals surface area contributed by atoms with Crippen LogP contribution in [0.25, 0.3) is 0 Å². The van der Waals surface area contributed by atoms with Crippen molar-refractivity contribution in [1.29, 1.82) is 0 Å². The molecule has 1 saturated carbocycles. The van der Waals surface area contributed by atoms with Crippen LogP contribution in [-0.4, -0.2) is 63.2 Å². The summed E-state index contributed by atoms with van der Waals surface area (Å²) in [5.74, 6) is 0.345. The molecule has 1 atom stereocenters. The monoisotopic (exact) mass is 504 g/mol. The zero-order valence-corrected chi connectivity index (χ0v) is 18.9. The molecule has 0 spiro atoms. The van der Waals surface area contributed by atoms with Crippen LogP contribution in [0.1, 0.15) is 31.2 Å². The van der Waals surface area contributed by atoms with Gasteiger partial charge in [0.15, 0.2) is 5.96 Å². The standard InChI is InChI=1S/C20H29FN4O2.HI/c1-25(2)18(26)13-23-19(22-12-15-6-5-11-27-15)24-14-20(9-10-20)16-7-3-4-8-17(16)21;/h3-4,7-8,15H,5-6,9-14H2,1-2H3,(H2,22,23,24);1H. The molecule has 0 bridgehead atoms. The third-order valence-electron chi connectivity index (χ3n) is 5.29. The van der Waals surface area contributed by atoms with Crippen molar-refractivity contribution in [3.8, 4) is 0 Å². The van der Waals surface area contributed by atoms with Crippen LogP contribution >= 0.6 is 24.0 Å². The highest BCUT2D eigenvalue weighted by Gasteiger charge is 2.45. The summed E-state index contributed by atoms with van der Waals surface area (Å²) < 4.78 is 19.8. The average Bonchev–Trinajstić information content (AvgIpc) is 3.25. The third-order valence-corrected chi connectivity index (χ3v) is 5.29. The van der Waals surface area contributed by atoms with E-state index in [-0.39, 0.29) is 53.8 Å². The van der Waals surface area contributed by atoms with Gasteiger partial charge in [0.05, 0.1) is 6.10 Å². The minimum Gasteiger partial charge on any atom is -0.376 e. The zero-order chi connectivity index (χ0) is 19.3. The second-order valence-corrected chi connectivity index (χ2v) is 7.58. The first-order valence-electron chi connectivity index (χ1n) is 9.59. The van der Waals surface area contributed by atoms with Crippen molar-refractivity contribution in [3.05, 3.63) is 35.6 Å². The highest BCUT2D eigenvalue weighted by Crippen LogP contribution is 2.48. The van der Waals surface area contributed by atoms with Gasteiger partial charge in [0, 0.05) is 39.2 Å². The number of rotatable bonds is 7. The van der Waals surface area contributed by atoms with E-state index in [0.717, 1.165) is 37.9 Å². The molecule has 2 fully saturated rings. The Morgan fingerprint density at radius 3 is 2.68 bits per heavy atom. The van der Waals surface area contributed by atoms with E-state index in [9.17, 15) is 9.18 Å². The second kappa shape index (κ2) is 10.4. The van der Waals surface area contributed by atoms with Gasteiger partial charge in [0.2, 0.25) is 5.91 Å². The van der Waals surface area contributed by atoms with Crippen LogP contribution < -0.4 is 10.6 Å². The zero-order valence-electron chi connectivity index (χ0n) is 16.5. The topological polar surface area (TPSA) is 66.0 Å². The first kappa shape index (κ1) is 22.9. The first-order valence-corrected chi connectivity index (χ1v) is 9.59. The van der Waals surface area contributed by atoms with Gasteiger partial charge in [-0.25, -0.2) is 9.38 Å². The molecule has 0 radical (unpaired) electrons. The van der Waals surface area contributed by atoms with Crippen molar-refractivity contribution < 1.29 is 13.9 Å². The van der Waals surface area contributed by atoms with E-state index in [1.54, 1.807) is 20.2 Å². The average molecular weight is 504 g/mol. The predicted octanol–water partition coefficient (Wildman–Crippen LogP) is 2.28. The minimum atomic E-state index is -0.191. The maximum atomic E-state index is 14.2. The summed E-state index contributed by atoms with van der Waals surface area (Å²) in [4.78, 5) is 17.8. The first-order chi connectivity index (χ1) is 13.0. The number of ether oxygens (including phenoxy) is 1. The molecule has 1 saturated heterocycles. The molecule has 156 valence electrons. The van der Waals surface area contributed by atoms with E-state index in [0.29, 0.717) is 19.0 Å². The minimum absolute atomic E-state index is 0. The maximum Gasteiger partial charge on any atom is 0.243 e. The van der Waals surface area contributed by atoms with Gasteiger partial charge in [-0.05, 0) is 37.3 Å². The second-order valence-electron chi connectivity index (χ2n) is 7.58. The summed E-state index contributed by atoms with van der Waals surface area (Å²) in [6, 6.07) is 6.95. The molecule has 1 heterocycles. The van der Waals surface area contributed by atoms with Gasteiger partial charge < -0.3 is 20.3 Å². The molecule has 8 heteroatoms. The molecular weight excluding hydrogens is 474 g/mol. The largest absolute Gasteiger partial charge is 0.376 e. The van der Waals surface area contributed by atoms with E-state index in [1.807, 2.05) is 12.1 Å². The fourth-order valence-corrected chi connectivity index (χ4v) is 3.31. The number of guanidine groups is 1. The van der Waals surface area contributed by atoms with Gasteiger partial charge in [0.25, 0.3) is 0 Å². The number of nitrogens with one attached hydrogen (secondary N) is 2. The Kier molecular flexibility index (Phi) is 8.48. The molecule has 2 aliphatic rings. The van der Waals surface area contributed by atoms with Crippen LogP contribution in [0.5, 0.6) is 0 Å². The molecule has 1 unspecified atom stereocenters. The van der Waals surface area contributed by atoms with Crippen molar-refractivity contribution >= 4 is 35.8 Å². The number of carbonyl (C=O) groups is 1. The van der Waals surface area contributed by atoms with Crippen molar-refractivity contribution in [2.75, 3.05) is 40.3 Å². The van der Waals surface area contributed by atoms with Crippen LogP contribution in [0.15, 0.2) is 29.3 Å². The number of likely N-dealkylation sites (N-methyl/N-ethyl adjacent to an activating group) is 1. The summed E-state index contributed by atoms with van der Waals surface area (Å²) in [6.45, 7) is 2.10. The Hall–Kier alpha value is -1.42. The Labute approximate surface area is 183 Å². The number of carbonyl (C=O) groups excluding carboxylic acids is 1. The van der Waals surface area contributed by atoms with E-state index in [2.05, 4.69) is 15.6 Å². The highest BCUT2D eigenvalue weighted by atomic mass is 127. The molecular formula is C20H30FIN4O2. The summed E-state index contributed by atoms with van der Waals surface area (Å²) in [5, 5.41) is 6.58. The lowest BCUT2D eigenvalue weighted by Gasteiger charge is -2.21. The number of hydrogen-bond donors (Lipinski definition) is 2. The van der Waals surface area contributed by atoms with Crippen molar-refractivity contribution in [2.45, 2.75) is 37.2 Å². The fraction of sp³-hybridized carbons (Fsp3) is 0.600. The maximum absolute atomic E-state index is 14.2. The molecule has 28 heavy (non-hydrogen) atoms. The summed E-state index contributed by atoms with van der Waals surface area (Å²) in [6.07, 6.45) is 4.15. The molecule has 1 aromatic carbocycles. The SMILES string of the molecule is CN(C)C(=O)CN=C(NCC1CCCO1)NCC1(c2ccccc2F)CC1.I. The highest BCUT2D eigenvalue weighted by molar-refractivity contribution is 14.0. The van der Waals surface area contributed by atoms with Crippen LogP contribution in [0.3, 0.4) is 0 Å². The third kappa shape index (κ3) is 6.04. The molecule has 3 rings (SSSR count). The van der Waals surface area contributed by atoms with Crippen LogP contribution in [0, 0.1) is 5.82 Å². The van der Waals surface area contributed by atoms with E-state index >= 15 is 0 Å². The molecule has 6 nitrogen and oxygen atoms in total. The van der Waals surface area contributed by atoms with Crippen molar-refractivity contribution in [2.24, 2.45) is 4.99 Å². The number of benzene rings is 1. The Morgan fingerprint density at radius 1 is 1.32 bits per heavy atom. The Bertz CT molecular complexity index is 689. The molecule has 1 aliphatic carbocycles. The van der Waals surface area contributed by atoms with Gasteiger partial charge >= 0.3 is 0 Å². The quantitative estimate of drug-likeness (QED) is 0.340. The van der Waals surface area contributed by atoms with Crippen LogP contribution in [0.2, 0.25) is 0 Å². The summed E-state index contributed by atoms with van der Waals surface area (Å²) in [5.41, 5.74) is 0.559. The molecule has 1 aliphatic heterocycles. The molecule has 1 amide bonds. The number of halogens is 2. The lowest BCUT2D eigenvalue weighted by Crippen LogP contribution is -2.44. The van der Waals surface area contributed by atoms with Gasteiger partial charge in [-0.3, -0.25) is 4.79 Å². The summed E-state index contributed by atoms with van der Waals surface area (Å²) in [7, 11) is 3.42. The fourth-order valence-electron chi connectivity index (χ4n) is 3.31. The van der Waals surface area contributed by atoms with Gasteiger partial charge in [-0.1, -0.05) is 18.2 Å². The van der Waals surface area contributed by atoms with Crippen molar-refractivity contribution in [1.82, 2.24) is 15.5 Å². The van der Waals surface area contributed by atoms with Crippen molar-refractivity contribution in [3.63, 3.8) is 0 Å². The normalized spacial score (nSPS) is 20.2. The molecule has 2 N–H and O–H groups in total. The Balaban J connectivity index is 0.00000280. The molecule has 1 aromatic rings. The van der Waals surface area contributed by atoms with E-state index in [4.69, 9.17) is 4.74 Å². The van der Waals surface area contributed by atoms with Gasteiger partial charge in [-0.2, -0.15) is 0 Å². The lowest BCUT2D eigenvalue weighted by molar-refractivity contribution is -0.127. The lowest BCUT2D eigenvalue weighted by atomic mass is 9.95. The predicted molar refractivity (Wildman–Crippen MR) is 119 cm³/mol. The number of hydrogen-bond acceptors (Lipinski definition) is 3. The summed E-state index contributed by atoms with van der Waals surface area (Å²) >= 11 is 0. The van der Waals surface area contributed by atoms with Gasteiger partial charge in [0.1, 0.15) is 12.4 Å². The van der Waals surface area contributed by atoms with E-state index in [1.165, 1.54) is 11.0 Å². The number of amides is 1. The molecule has 0 aromatic heterocycles. The number of nitrogens with zero attached hydrogens (tertiary/aromatic N) is 2.